The summed E-state index contributed by atoms with van der Waals surface area (Å²) in [6.45, 7) is 3.38. The molecule has 0 aromatic carbocycles. The van der Waals surface area contributed by atoms with Crippen LogP contribution in [0.3, 0.4) is 0 Å². The van der Waals surface area contributed by atoms with Gasteiger partial charge >= 0.3 is 0 Å². The predicted octanol–water partition coefficient (Wildman–Crippen LogP) is 1.40. The molecule has 0 saturated carbocycles. The molecule has 0 bridgehead atoms. The molecule has 44 valence electrons. The van der Waals surface area contributed by atoms with Gasteiger partial charge in [-0.3, -0.25) is 4.99 Å². The largest absolute Gasteiger partial charge is 0.404 e. The van der Waals surface area contributed by atoms with Gasteiger partial charge < -0.3 is 5.73 Å². The Morgan fingerprint density at radius 2 is 2.38 bits per heavy atom. The van der Waals surface area contributed by atoms with Crippen LogP contribution in [0.4, 0.5) is 0 Å². The van der Waals surface area contributed by atoms with Crippen molar-refractivity contribution in [3.05, 3.63) is 23.5 Å². The minimum atomic E-state index is 0.748. The Kier molecular flexibility index (Phi) is 4.26. The quantitative estimate of drug-likeness (QED) is 0.632. The molecule has 0 atom stereocenters. The number of halogens is 1. The molecule has 0 aliphatic heterocycles. The Hall–Kier alpha value is -0.570. The zero-order valence-electron chi connectivity index (χ0n) is 4.34. The molecular formula is C5H7BrN2. The summed E-state index contributed by atoms with van der Waals surface area (Å²) >= 11 is 3.12. The standard InChI is InChI=1S/C5H7BrN2/c1-2-8-4-5(6)3-7/h2-4H,1,7H2/b5-3+,8-4-. The van der Waals surface area contributed by atoms with Gasteiger partial charge in [0.05, 0.1) is 4.48 Å². The average molecular weight is 175 g/mol. The number of nitrogens with zero attached hydrogens (tertiary/aromatic N) is 1. The fraction of sp³-hybridized carbons (Fsp3) is 0. The Labute approximate surface area is 56.9 Å². The summed E-state index contributed by atoms with van der Waals surface area (Å²) in [6.07, 6.45) is 4.41. The van der Waals surface area contributed by atoms with Crippen LogP contribution in [0, 0.1) is 0 Å². The van der Waals surface area contributed by atoms with E-state index in [1.54, 1.807) is 6.21 Å². The zero-order valence-corrected chi connectivity index (χ0v) is 5.93. The topological polar surface area (TPSA) is 38.4 Å². The third-order valence-electron chi connectivity index (χ3n) is 0.462. The van der Waals surface area contributed by atoms with Gasteiger partial charge in [0.15, 0.2) is 0 Å². The van der Waals surface area contributed by atoms with Gasteiger partial charge in [0.2, 0.25) is 0 Å². The van der Waals surface area contributed by atoms with Crippen molar-refractivity contribution < 1.29 is 0 Å². The highest BCUT2D eigenvalue weighted by atomic mass is 79.9. The first kappa shape index (κ1) is 7.43. The zero-order chi connectivity index (χ0) is 6.41. The molecule has 2 nitrogen and oxygen atoms in total. The molecule has 0 rings (SSSR count). The highest BCUT2D eigenvalue weighted by molar-refractivity contribution is 9.12. The molecule has 0 aliphatic carbocycles. The van der Waals surface area contributed by atoms with Gasteiger partial charge in [0.25, 0.3) is 0 Å². The van der Waals surface area contributed by atoms with E-state index < -0.39 is 0 Å². The summed E-state index contributed by atoms with van der Waals surface area (Å²) in [4.78, 5) is 3.69. The van der Waals surface area contributed by atoms with E-state index in [1.807, 2.05) is 0 Å². The lowest BCUT2D eigenvalue weighted by Crippen LogP contribution is -1.80. The number of hydrogen-bond acceptors (Lipinski definition) is 2. The first-order valence-corrected chi connectivity index (χ1v) is 2.82. The first-order valence-electron chi connectivity index (χ1n) is 2.02. The fourth-order valence-electron chi connectivity index (χ4n) is 0.167. The molecule has 8 heavy (non-hydrogen) atoms. The van der Waals surface area contributed by atoms with E-state index in [4.69, 9.17) is 5.73 Å². The molecule has 0 aromatic rings. The minimum Gasteiger partial charge on any atom is -0.404 e. The maximum Gasteiger partial charge on any atom is 0.0512 e. The Balaban J connectivity index is 3.69. The van der Waals surface area contributed by atoms with E-state index in [0.29, 0.717) is 0 Å². The van der Waals surface area contributed by atoms with Crippen LogP contribution in [0.5, 0.6) is 0 Å². The Bertz CT molecular complexity index is 126. The van der Waals surface area contributed by atoms with Crippen molar-refractivity contribution in [3.63, 3.8) is 0 Å². The van der Waals surface area contributed by atoms with E-state index in [9.17, 15) is 0 Å². The summed E-state index contributed by atoms with van der Waals surface area (Å²) in [5, 5.41) is 0. The summed E-state index contributed by atoms with van der Waals surface area (Å²) in [5.41, 5.74) is 5.08. The van der Waals surface area contributed by atoms with E-state index in [2.05, 4.69) is 27.5 Å². The third kappa shape index (κ3) is 3.61. The van der Waals surface area contributed by atoms with Crippen molar-refractivity contribution in [2.45, 2.75) is 0 Å². The molecular weight excluding hydrogens is 168 g/mol. The summed E-state index contributed by atoms with van der Waals surface area (Å²) in [7, 11) is 0. The van der Waals surface area contributed by atoms with Gasteiger partial charge in [0.1, 0.15) is 0 Å². The van der Waals surface area contributed by atoms with E-state index in [-0.39, 0.29) is 0 Å². The second-order valence-corrected chi connectivity index (χ2v) is 1.93. The monoisotopic (exact) mass is 174 g/mol. The number of rotatable bonds is 2. The minimum absolute atomic E-state index is 0.748. The van der Waals surface area contributed by atoms with Gasteiger partial charge in [-0.05, 0) is 15.9 Å². The van der Waals surface area contributed by atoms with Gasteiger partial charge in [0, 0.05) is 18.6 Å². The second kappa shape index (κ2) is 4.59. The lowest BCUT2D eigenvalue weighted by molar-refractivity contribution is 1.58. The van der Waals surface area contributed by atoms with Gasteiger partial charge in [-0.25, -0.2) is 0 Å². The molecule has 0 saturated heterocycles. The number of allylic oxidation sites excluding steroid dienone is 1. The summed E-state index contributed by atoms with van der Waals surface area (Å²) < 4.78 is 0.748. The normalized spacial score (nSPS) is 12.4. The molecule has 0 aliphatic rings. The molecule has 3 heteroatoms. The van der Waals surface area contributed by atoms with Crippen LogP contribution in [0.2, 0.25) is 0 Å². The van der Waals surface area contributed by atoms with Crippen LogP contribution in [-0.4, -0.2) is 6.21 Å². The van der Waals surface area contributed by atoms with Crippen LogP contribution in [0.1, 0.15) is 0 Å². The Morgan fingerprint density at radius 3 is 2.75 bits per heavy atom. The molecule has 0 aromatic heterocycles. The van der Waals surface area contributed by atoms with Crippen LogP contribution in [0.15, 0.2) is 28.5 Å². The van der Waals surface area contributed by atoms with Crippen molar-refractivity contribution in [2.24, 2.45) is 10.7 Å². The molecule has 0 spiro atoms. The maximum absolute atomic E-state index is 5.08. The van der Waals surface area contributed by atoms with Crippen molar-refractivity contribution in [1.82, 2.24) is 0 Å². The number of nitrogens with two attached hydrogens (primary N) is 1. The molecule has 0 heterocycles. The molecule has 0 amide bonds. The maximum atomic E-state index is 5.08. The SMILES string of the molecule is C=C/N=C\C(Br)=C/N. The van der Waals surface area contributed by atoms with Gasteiger partial charge in [-0.1, -0.05) is 6.58 Å². The lowest BCUT2D eigenvalue weighted by atomic mass is 10.7. The third-order valence-corrected chi connectivity index (χ3v) is 0.932. The van der Waals surface area contributed by atoms with Crippen molar-refractivity contribution in [1.29, 1.82) is 0 Å². The van der Waals surface area contributed by atoms with Crippen molar-refractivity contribution in [2.75, 3.05) is 0 Å². The number of hydrogen-bond donors (Lipinski definition) is 1. The van der Waals surface area contributed by atoms with Crippen LogP contribution in [-0.2, 0) is 0 Å². The van der Waals surface area contributed by atoms with Crippen molar-refractivity contribution in [3.8, 4) is 0 Å². The predicted molar refractivity (Wildman–Crippen MR) is 39.9 cm³/mol. The fourth-order valence-corrected chi connectivity index (χ4v) is 0.285. The van der Waals surface area contributed by atoms with Gasteiger partial charge in [-0.15, -0.1) is 0 Å². The van der Waals surface area contributed by atoms with E-state index in [0.717, 1.165) is 4.48 Å². The first-order chi connectivity index (χ1) is 3.81. The highest BCUT2D eigenvalue weighted by Crippen LogP contribution is 1.96. The highest BCUT2D eigenvalue weighted by Gasteiger charge is 1.75. The van der Waals surface area contributed by atoms with Gasteiger partial charge in [-0.2, -0.15) is 0 Å². The number of aliphatic imine (C=N–C) groups is 1. The van der Waals surface area contributed by atoms with Crippen LogP contribution < -0.4 is 5.73 Å². The average Bonchev–Trinajstić information content (AvgIpc) is 1.83. The van der Waals surface area contributed by atoms with E-state index >= 15 is 0 Å². The molecule has 0 radical (unpaired) electrons. The summed E-state index contributed by atoms with van der Waals surface area (Å²) in [5.74, 6) is 0. The molecule has 0 unspecified atom stereocenters. The summed E-state index contributed by atoms with van der Waals surface area (Å²) in [6, 6.07) is 0. The molecule has 2 N–H and O–H groups in total. The second-order valence-electron chi connectivity index (χ2n) is 1.01. The Morgan fingerprint density at radius 1 is 1.75 bits per heavy atom. The lowest BCUT2D eigenvalue weighted by Gasteiger charge is -1.79. The molecule has 0 fully saturated rings. The smallest absolute Gasteiger partial charge is 0.0512 e. The van der Waals surface area contributed by atoms with E-state index in [1.165, 1.54) is 12.4 Å². The van der Waals surface area contributed by atoms with Crippen molar-refractivity contribution >= 4 is 22.1 Å². The van der Waals surface area contributed by atoms with Crippen LogP contribution in [0.25, 0.3) is 0 Å². The van der Waals surface area contributed by atoms with Crippen LogP contribution >= 0.6 is 15.9 Å².